The van der Waals surface area contributed by atoms with Crippen molar-refractivity contribution in [3.63, 3.8) is 0 Å². The van der Waals surface area contributed by atoms with E-state index < -0.39 is 39.8 Å². The van der Waals surface area contributed by atoms with Crippen molar-refractivity contribution in [2.45, 2.75) is 0 Å². The maximum absolute atomic E-state index is 13.6. The summed E-state index contributed by atoms with van der Waals surface area (Å²) < 4.78 is 57.1. The summed E-state index contributed by atoms with van der Waals surface area (Å²) in [7, 11) is -2.48. The molecular weight excluding hydrogens is 390 g/mol. The topological polar surface area (TPSA) is 75.7 Å². The van der Waals surface area contributed by atoms with Crippen molar-refractivity contribution in [2.24, 2.45) is 0 Å². The van der Waals surface area contributed by atoms with Crippen LogP contribution in [0.5, 0.6) is 5.75 Å². The SMILES string of the molecule is COc1ccc(N(CC(=O)Nc2c(F)cccc2F)S(C)(=O)=O)cc1Cl. The van der Waals surface area contributed by atoms with Crippen LogP contribution in [-0.2, 0) is 14.8 Å². The first-order chi connectivity index (χ1) is 12.1. The molecule has 1 amide bonds. The molecule has 2 aromatic rings. The van der Waals surface area contributed by atoms with Gasteiger partial charge in [0.05, 0.1) is 24.1 Å². The molecule has 10 heteroatoms. The number of halogens is 3. The lowest BCUT2D eigenvalue weighted by Crippen LogP contribution is -2.37. The standard InChI is InChI=1S/C16H15ClF2N2O4S/c1-25-14-7-6-10(8-11(14)17)21(26(2,23)24)9-15(22)20-16-12(18)4-3-5-13(16)19/h3-8H,9H2,1-2H3,(H,20,22). The van der Waals surface area contributed by atoms with Crippen molar-refractivity contribution in [3.8, 4) is 5.75 Å². The molecule has 140 valence electrons. The van der Waals surface area contributed by atoms with Gasteiger partial charge in [-0.2, -0.15) is 0 Å². The Labute approximate surface area is 154 Å². The van der Waals surface area contributed by atoms with E-state index in [1.54, 1.807) is 0 Å². The van der Waals surface area contributed by atoms with E-state index in [1.807, 2.05) is 5.32 Å². The summed E-state index contributed by atoms with van der Waals surface area (Å²) in [4.78, 5) is 12.1. The van der Waals surface area contributed by atoms with Crippen LogP contribution in [0.1, 0.15) is 0 Å². The molecule has 2 aromatic carbocycles. The van der Waals surface area contributed by atoms with Crippen LogP contribution < -0.4 is 14.4 Å². The van der Waals surface area contributed by atoms with Crippen LogP contribution in [0.15, 0.2) is 36.4 Å². The molecule has 0 atom stereocenters. The molecule has 0 fully saturated rings. The number of hydrogen-bond donors (Lipinski definition) is 1. The smallest absolute Gasteiger partial charge is 0.245 e. The van der Waals surface area contributed by atoms with Crippen LogP contribution in [-0.4, -0.2) is 34.2 Å². The van der Waals surface area contributed by atoms with Gasteiger partial charge < -0.3 is 10.1 Å². The number of anilines is 2. The van der Waals surface area contributed by atoms with Gasteiger partial charge in [-0.05, 0) is 30.3 Å². The Morgan fingerprint density at radius 3 is 2.35 bits per heavy atom. The summed E-state index contributed by atoms with van der Waals surface area (Å²) in [6.45, 7) is -0.699. The van der Waals surface area contributed by atoms with Crippen molar-refractivity contribution in [2.75, 3.05) is 29.5 Å². The molecule has 0 aliphatic carbocycles. The fraction of sp³-hybridized carbons (Fsp3) is 0.188. The zero-order chi connectivity index (χ0) is 19.5. The normalized spacial score (nSPS) is 11.1. The minimum absolute atomic E-state index is 0.0995. The number of carbonyl (C=O) groups is 1. The first kappa shape index (κ1) is 19.9. The number of sulfonamides is 1. The number of rotatable bonds is 6. The number of para-hydroxylation sites is 1. The highest BCUT2D eigenvalue weighted by Crippen LogP contribution is 2.30. The summed E-state index contributed by atoms with van der Waals surface area (Å²) in [6.07, 6.45) is 0.891. The molecule has 0 aliphatic heterocycles. The summed E-state index contributed by atoms with van der Waals surface area (Å²) in [5.74, 6) is -2.55. The molecule has 0 saturated carbocycles. The largest absolute Gasteiger partial charge is 0.495 e. The van der Waals surface area contributed by atoms with Gasteiger partial charge in [-0.1, -0.05) is 17.7 Å². The number of methoxy groups -OCH3 is 1. The van der Waals surface area contributed by atoms with E-state index >= 15 is 0 Å². The summed E-state index contributed by atoms with van der Waals surface area (Å²) in [5, 5.41) is 2.17. The molecule has 0 radical (unpaired) electrons. The molecule has 26 heavy (non-hydrogen) atoms. The van der Waals surface area contributed by atoms with Crippen molar-refractivity contribution in [1.29, 1.82) is 0 Å². The van der Waals surface area contributed by atoms with Gasteiger partial charge in [0.1, 0.15) is 29.6 Å². The maximum Gasteiger partial charge on any atom is 0.245 e. The van der Waals surface area contributed by atoms with Gasteiger partial charge in [0.2, 0.25) is 15.9 Å². The summed E-state index contributed by atoms with van der Waals surface area (Å²) in [5.41, 5.74) is -0.554. The van der Waals surface area contributed by atoms with Crippen LogP contribution >= 0.6 is 11.6 Å². The van der Waals surface area contributed by atoms with E-state index in [9.17, 15) is 22.0 Å². The Morgan fingerprint density at radius 1 is 1.23 bits per heavy atom. The van der Waals surface area contributed by atoms with E-state index in [-0.39, 0.29) is 10.7 Å². The third-order valence-corrected chi connectivity index (χ3v) is 4.77. The van der Waals surface area contributed by atoms with Crippen LogP contribution in [0.3, 0.4) is 0 Å². The molecule has 0 spiro atoms. The number of amides is 1. The van der Waals surface area contributed by atoms with Gasteiger partial charge in [0.25, 0.3) is 0 Å². The Morgan fingerprint density at radius 2 is 1.85 bits per heavy atom. The zero-order valence-electron chi connectivity index (χ0n) is 13.8. The highest BCUT2D eigenvalue weighted by atomic mass is 35.5. The molecule has 0 saturated heterocycles. The molecule has 0 aliphatic rings. The average Bonchev–Trinajstić information content (AvgIpc) is 2.55. The molecule has 0 unspecified atom stereocenters. The van der Waals surface area contributed by atoms with Crippen molar-refractivity contribution >= 4 is 38.9 Å². The molecule has 0 aromatic heterocycles. The fourth-order valence-electron chi connectivity index (χ4n) is 2.14. The summed E-state index contributed by atoms with van der Waals surface area (Å²) in [6, 6.07) is 7.21. The quantitative estimate of drug-likeness (QED) is 0.803. The molecule has 1 N–H and O–H groups in total. The van der Waals surface area contributed by atoms with Crippen molar-refractivity contribution in [1.82, 2.24) is 0 Å². The van der Waals surface area contributed by atoms with Crippen molar-refractivity contribution in [3.05, 3.63) is 53.1 Å². The molecule has 2 rings (SSSR count). The lowest BCUT2D eigenvalue weighted by molar-refractivity contribution is -0.114. The monoisotopic (exact) mass is 404 g/mol. The first-order valence-electron chi connectivity index (χ1n) is 7.18. The Kier molecular flexibility index (Phi) is 6.04. The second-order valence-corrected chi connectivity index (χ2v) is 7.55. The predicted molar refractivity (Wildman–Crippen MR) is 95.2 cm³/mol. The third kappa shape index (κ3) is 4.61. The molecule has 6 nitrogen and oxygen atoms in total. The highest BCUT2D eigenvalue weighted by molar-refractivity contribution is 7.92. The lowest BCUT2D eigenvalue weighted by Gasteiger charge is -2.22. The van der Waals surface area contributed by atoms with Gasteiger partial charge >= 0.3 is 0 Å². The Hall–Kier alpha value is -2.39. The zero-order valence-corrected chi connectivity index (χ0v) is 15.4. The third-order valence-electron chi connectivity index (χ3n) is 3.34. The van der Waals surface area contributed by atoms with E-state index in [4.69, 9.17) is 16.3 Å². The molecule has 0 bridgehead atoms. The number of hydrogen-bond acceptors (Lipinski definition) is 4. The lowest BCUT2D eigenvalue weighted by atomic mass is 10.2. The predicted octanol–water partition coefficient (Wildman–Crippen LogP) is 3.03. The first-order valence-corrected chi connectivity index (χ1v) is 9.41. The fourth-order valence-corrected chi connectivity index (χ4v) is 3.24. The Balaban J connectivity index is 2.29. The molecular formula is C16H15ClF2N2O4S. The van der Waals surface area contributed by atoms with Gasteiger partial charge in [0, 0.05) is 0 Å². The molecule has 0 heterocycles. The number of ether oxygens (including phenoxy) is 1. The van der Waals surface area contributed by atoms with Crippen LogP contribution in [0.2, 0.25) is 5.02 Å². The van der Waals surface area contributed by atoms with Gasteiger partial charge in [-0.3, -0.25) is 9.10 Å². The van der Waals surface area contributed by atoms with Gasteiger partial charge in [-0.15, -0.1) is 0 Å². The highest BCUT2D eigenvalue weighted by Gasteiger charge is 2.23. The summed E-state index contributed by atoms with van der Waals surface area (Å²) >= 11 is 5.99. The second kappa shape index (κ2) is 7.88. The minimum Gasteiger partial charge on any atom is -0.495 e. The van der Waals surface area contributed by atoms with Gasteiger partial charge in [-0.25, -0.2) is 17.2 Å². The minimum atomic E-state index is -3.88. The van der Waals surface area contributed by atoms with E-state index in [0.29, 0.717) is 5.75 Å². The van der Waals surface area contributed by atoms with E-state index in [1.165, 1.54) is 25.3 Å². The van der Waals surface area contributed by atoms with Crippen LogP contribution in [0.25, 0.3) is 0 Å². The second-order valence-electron chi connectivity index (χ2n) is 5.23. The number of nitrogens with one attached hydrogen (secondary N) is 1. The Bertz CT molecular complexity index is 918. The average molecular weight is 405 g/mol. The number of nitrogens with zero attached hydrogens (tertiary/aromatic N) is 1. The number of carbonyl (C=O) groups excluding carboxylic acids is 1. The van der Waals surface area contributed by atoms with E-state index in [0.717, 1.165) is 28.8 Å². The van der Waals surface area contributed by atoms with E-state index in [2.05, 4.69) is 0 Å². The van der Waals surface area contributed by atoms with Gasteiger partial charge in [0.15, 0.2) is 0 Å². The van der Waals surface area contributed by atoms with Crippen molar-refractivity contribution < 1.29 is 26.7 Å². The maximum atomic E-state index is 13.6. The van der Waals surface area contributed by atoms with Crippen LogP contribution in [0.4, 0.5) is 20.2 Å². The van der Waals surface area contributed by atoms with Crippen LogP contribution in [0, 0.1) is 11.6 Å². The number of benzene rings is 2.